The van der Waals surface area contributed by atoms with Crippen molar-refractivity contribution in [1.82, 2.24) is 0 Å². The van der Waals surface area contributed by atoms with Crippen molar-refractivity contribution < 1.29 is 27.4 Å². The molecule has 7 heteroatoms. The predicted octanol–water partition coefficient (Wildman–Crippen LogP) is 5.35. The molecule has 1 aromatic heterocycles. The number of halogens is 3. The summed E-state index contributed by atoms with van der Waals surface area (Å²) >= 11 is 1.56. The summed E-state index contributed by atoms with van der Waals surface area (Å²) in [6.45, 7) is 2.27. The number of thiophene rings is 1. The molecule has 1 aromatic carbocycles. The molecule has 0 aliphatic heterocycles. The van der Waals surface area contributed by atoms with Crippen LogP contribution in [-0.4, -0.2) is 25.7 Å². The molecule has 2 rings (SSSR count). The quantitative estimate of drug-likeness (QED) is 0.477. The van der Waals surface area contributed by atoms with E-state index in [0.29, 0.717) is 22.4 Å². The number of ether oxygens (including phenoxy) is 2. The molecule has 0 unspecified atom stereocenters. The Hall–Kier alpha value is -2.12. The Morgan fingerprint density at radius 3 is 2.54 bits per heavy atom. The Morgan fingerprint density at radius 1 is 1.23 bits per heavy atom. The molecule has 0 saturated carbocycles. The van der Waals surface area contributed by atoms with Gasteiger partial charge in [0.15, 0.2) is 5.78 Å². The average Bonchev–Trinajstić information content (AvgIpc) is 2.90. The van der Waals surface area contributed by atoms with E-state index in [4.69, 9.17) is 9.47 Å². The number of ketones is 1. The first kappa shape index (κ1) is 20.2. The van der Waals surface area contributed by atoms with E-state index in [0.717, 1.165) is 9.75 Å². The Morgan fingerprint density at radius 2 is 1.96 bits per heavy atom. The second-order valence-electron chi connectivity index (χ2n) is 5.70. The average molecular weight is 384 g/mol. The van der Waals surface area contributed by atoms with E-state index in [-0.39, 0.29) is 12.4 Å². The third-order valence-corrected chi connectivity index (χ3v) is 4.53. The summed E-state index contributed by atoms with van der Waals surface area (Å²) in [5.41, 5.74) is 1.81. The fourth-order valence-electron chi connectivity index (χ4n) is 2.43. The molecule has 0 radical (unpaired) electrons. The van der Waals surface area contributed by atoms with E-state index in [1.165, 1.54) is 13.2 Å². The number of carbonyl (C=O) groups excluding carboxylic acids is 1. The summed E-state index contributed by atoms with van der Waals surface area (Å²) < 4.78 is 46.5. The molecule has 0 amide bonds. The number of alkyl halides is 3. The Balaban J connectivity index is 2.13. The lowest BCUT2D eigenvalue weighted by Gasteiger charge is -2.11. The molecular formula is C19H19F3O3S. The molecule has 140 valence electrons. The van der Waals surface area contributed by atoms with Gasteiger partial charge in [0.05, 0.1) is 13.7 Å². The van der Waals surface area contributed by atoms with Crippen molar-refractivity contribution in [2.75, 3.05) is 13.7 Å². The normalized spacial score (nSPS) is 11.9. The molecule has 3 nitrogen and oxygen atoms in total. The largest absolute Gasteiger partial charge is 0.496 e. The van der Waals surface area contributed by atoms with Crippen molar-refractivity contribution in [3.8, 4) is 5.75 Å². The predicted molar refractivity (Wildman–Crippen MR) is 95.9 cm³/mol. The molecule has 1 heterocycles. The first-order chi connectivity index (χ1) is 12.2. The van der Waals surface area contributed by atoms with Gasteiger partial charge in [-0.15, -0.1) is 11.3 Å². The van der Waals surface area contributed by atoms with E-state index in [1.54, 1.807) is 35.6 Å². The van der Waals surface area contributed by atoms with Crippen molar-refractivity contribution >= 4 is 23.2 Å². The minimum absolute atomic E-state index is 0.113. The van der Waals surface area contributed by atoms with Crippen LogP contribution in [-0.2, 0) is 11.3 Å². The molecular weight excluding hydrogens is 365 g/mol. The van der Waals surface area contributed by atoms with Gasteiger partial charge < -0.3 is 9.47 Å². The zero-order valence-electron chi connectivity index (χ0n) is 14.6. The smallest absolute Gasteiger partial charge is 0.411 e. The van der Waals surface area contributed by atoms with E-state index in [2.05, 4.69) is 0 Å². The number of methoxy groups -OCH3 is 1. The van der Waals surface area contributed by atoms with E-state index in [1.807, 2.05) is 19.9 Å². The summed E-state index contributed by atoms with van der Waals surface area (Å²) in [6, 6.07) is 6.85. The van der Waals surface area contributed by atoms with Gasteiger partial charge >= 0.3 is 6.18 Å². The summed E-state index contributed by atoms with van der Waals surface area (Å²) in [5.74, 6) is 0.317. The molecule has 0 aliphatic rings. The van der Waals surface area contributed by atoms with Gasteiger partial charge in [-0.2, -0.15) is 13.2 Å². The van der Waals surface area contributed by atoms with Crippen molar-refractivity contribution in [1.29, 1.82) is 0 Å². The molecule has 0 N–H and O–H groups in total. The van der Waals surface area contributed by atoms with Gasteiger partial charge in [-0.1, -0.05) is 12.1 Å². The van der Waals surface area contributed by atoms with E-state index < -0.39 is 12.8 Å². The highest BCUT2D eigenvalue weighted by Gasteiger charge is 2.27. The van der Waals surface area contributed by atoms with Crippen molar-refractivity contribution in [2.24, 2.45) is 0 Å². The van der Waals surface area contributed by atoms with Crippen molar-refractivity contribution in [2.45, 2.75) is 26.6 Å². The van der Waals surface area contributed by atoms with Crippen LogP contribution in [0.5, 0.6) is 5.75 Å². The molecule has 0 bridgehead atoms. The van der Waals surface area contributed by atoms with Crippen LogP contribution in [0, 0.1) is 13.8 Å². The van der Waals surface area contributed by atoms with Crippen LogP contribution in [0.1, 0.15) is 31.2 Å². The highest BCUT2D eigenvalue weighted by molar-refractivity contribution is 7.12. The number of allylic oxidation sites excluding steroid dienone is 1. The molecule has 0 atom stereocenters. The van der Waals surface area contributed by atoms with Crippen LogP contribution in [0.2, 0.25) is 0 Å². The minimum atomic E-state index is -4.38. The third-order valence-electron chi connectivity index (χ3n) is 3.56. The monoisotopic (exact) mass is 384 g/mol. The number of hydrogen-bond donors (Lipinski definition) is 0. The first-order valence-corrected chi connectivity index (χ1v) is 8.62. The number of carbonyl (C=O) groups is 1. The van der Waals surface area contributed by atoms with Crippen LogP contribution in [0.15, 0.2) is 30.3 Å². The van der Waals surface area contributed by atoms with Crippen LogP contribution in [0.25, 0.3) is 6.08 Å². The van der Waals surface area contributed by atoms with E-state index >= 15 is 0 Å². The maximum Gasteiger partial charge on any atom is 0.411 e. The van der Waals surface area contributed by atoms with Gasteiger partial charge in [0.2, 0.25) is 0 Å². The van der Waals surface area contributed by atoms with Gasteiger partial charge in [0.1, 0.15) is 12.4 Å². The Kier molecular flexibility index (Phi) is 6.61. The lowest BCUT2D eigenvalue weighted by atomic mass is 10.1. The first-order valence-electron chi connectivity index (χ1n) is 7.80. The summed E-state index contributed by atoms with van der Waals surface area (Å²) in [7, 11) is 1.43. The molecule has 26 heavy (non-hydrogen) atoms. The minimum Gasteiger partial charge on any atom is -0.496 e. The lowest BCUT2D eigenvalue weighted by Crippen LogP contribution is -2.16. The van der Waals surface area contributed by atoms with Gasteiger partial charge in [-0.05, 0) is 43.7 Å². The fraction of sp³-hybridized carbons (Fsp3) is 0.316. The fourth-order valence-corrected chi connectivity index (χ4v) is 3.36. The lowest BCUT2D eigenvalue weighted by molar-refractivity contribution is -0.176. The number of hydrogen-bond acceptors (Lipinski definition) is 4. The van der Waals surface area contributed by atoms with Gasteiger partial charge in [0.25, 0.3) is 0 Å². The van der Waals surface area contributed by atoms with Crippen LogP contribution in [0.4, 0.5) is 13.2 Å². The van der Waals surface area contributed by atoms with Gasteiger partial charge in [0, 0.05) is 20.9 Å². The summed E-state index contributed by atoms with van der Waals surface area (Å²) in [4.78, 5) is 14.3. The van der Waals surface area contributed by atoms with E-state index in [9.17, 15) is 18.0 Å². The highest BCUT2D eigenvalue weighted by Crippen LogP contribution is 2.24. The zero-order chi connectivity index (χ0) is 19.3. The number of rotatable bonds is 7. The third kappa shape index (κ3) is 5.71. The van der Waals surface area contributed by atoms with Gasteiger partial charge in [-0.3, -0.25) is 4.79 Å². The van der Waals surface area contributed by atoms with Crippen LogP contribution < -0.4 is 4.74 Å². The second kappa shape index (κ2) is 8.51. The van der Waals surface area contributed by atoms with Crippen LogP contribution >= 0.6 is 11.3 Å². The van der Waals surface area contributed by atoms with Crippen molar-refractivity contribution in [3.63, 3.8) is 0 Å². The molecule has 0 fully saturated rings. The van der Waals surface area contributed by atoms with Crippen molar-refractivity contribution in [3.05, 3.63) is 56.8 Å². The number of benzene rings is 1. The van der Waals surface area contributed by atoms with Gasteiger partial charge in [-0.25, -0.2) is 0 Å². The van der Waals surface area contributed by atoms with Crippen LogP contribution in [0.3, 0.4) is 0 Å². The standard InChI is InChI=1S/C19H19F3O3S/c1-12-8-16(13(2)26-12)17(23)6-4-14-5-7-18(24-3)15(9-14)10-25-11-19(20,21)22/h4-9H,10-11H2,1-3H3/b6-4+. The molecule has 0 aliphatic carbocycles. The number of aryl methyl sites for hydroxylation is 2. The summed E-state index contributed by atoms with van der Waals surface area (Å²) in [5, 5.41) is 0. The Bertz CT molecular complexity index is 807. The highest BCUT2D eigenvalue weighted by atomic mass is 32.1. The zero-order valence-corrected chi connectivity index (χ0v) is 15.5. The molecule has 0 spiro atoms. The molecule has 2 aromatic rings. The topological polar surface area (TPSA) is 35.5 Å². The summed E-state index contributed by atoms with van der Waals surface area (Å²) in [6.07, 6.45) is -1.30. The maximum atomic E-state index is 12.3. The second-order valence-corrected chi connectivity index (χ2v) is 7.16. The maximum absolute atomic E-state index is 12.3. The SMILES string of the molecule is COc1ccc(/C=C/C(=O)c2cc(C)sc2C)cc1COCC(F)(F)F. The molecule has 0 saturated heterocycles. The Labute approximate surface area is 154 Å².